The zero-order chi connectivity index (χ0) is 17.4. The molecule has 0 aliphatic rings. The molecule has 0 radical (unpaired) electrons. The van der Waals surface area contributed by atoms with E-state index >= 15 is 0 Å². The van der Waals surface area contributed by atoms with Crippen molar-refractivity contribution in [2.45, 2.75) is 12.7 Å². The number of aromatic nitrogens is 4. The molecule has 0 amide bonds. The Morgan fingerprint density at radius 2 is 1.84 bits per heavy atom. The molecule has 2 aromatic carbocycles. The van der Waals surface area contributed by atoms with Crippen LogP contribution in [0.1, 0.15) is 11.5 Å². The zero-order valence-electron chi connectivity index (χ0n) is 12.7. The maximum Gasteiger partial charge on any atom is 0.471 e. The molecule has 8 heteroatoms. The molecule has 2 aromatic heterocycles. The average molecular weight is 344 g/mol. The van der Waals surface area contributed by atoms with Crippen LogP contribution in [0.4, 0.5) is 13.2 Å². The van der Waals surface area contributed by atoms with Gasteiger partial charge in [0.05, 0.1) is 12.1 Å². The third-order valence-corrected chi connectivity index (χ3v) is 3.67. The standard InChI is InChI=1S/C17H11F3N4O/c18-17(19,20)16-21-15(23-25-16)12-6-7-14-13(8-12)10-24(22-14)9-11-4-2-1-3-5-11/h1-8,10H,9H2. The minimum absolute atomic E-state index is 0.106. The number of benzene rings is 2. The molecule has 0 saturated heterocycles. The Labute approximate surface area is 139 Å². The molecule has 5 nitrogen and oxygen atoms in total. The summed E-state index contributed by atoms with van der Waals surface area (Å²) >= 11 is 0. The van der Waals surface area contributed by atoms with Gasteiger partial charge in [-0.2, -0.15) is 23.3 Å². The number of fused-ring (bicyclic) bond motifs is 1. The number of hydrogen-bond donors (Lipinski definition) is 0. The van der Waals surface area contributed by atoms with Crippen LogP contribution in [0.5, 0.6) is 0 Å². The van der Waals surface area contributed by atoms with Gasteiger partial charge in [0.2, 0.25) is 5.82 Å². The molecule has 2 heterocycles. The Morgan fingerprint density at radius 1 is 1.04 bits per heavy atom. The van der Waals surface area contributed by atoms with E-state index in [9.17, 15) is 13.2 Å². The molecule has 4 aromatic rings. The summed E-state index contributed by atoms with van der Waals surface area (Å²) < 4.78 is 43.8. The Balaban J connectivity index is 1.65. The Morgan fingerprint density at radius 3 is 2.56 bits per heavy atom. The first-order chi connectivity index (χ1) is 12.0. The smallest absolute Gasteiger partial charge is 0.329 e. The molecular weight excluding hydrogens is 333 g/mol. The molecule has 25 heavy (non-hydrogen) atoms. The van der Waals surface area contributed by atoms with Crippen molar-refractivity contribution >= 4 is 10.9 Å². The highest BCUT2D eigenvalue weighted by Gasteiger charge is 2.38. The van der Waals surface area contributed by atoms with Crippen molar-refractivity contribution in [1.29, 1.82) is 0 Å². The molecule has 0 bridgehead atoms. The average Bonchev–Trinajstić information content (AvgIpc) is 3.21. The fourth-order valence-electron chi connectivity index (χ4n) is 2.52. The van der Waals surface area contributed by atoms with E-state index in [0.717, 1.165) is 16.5 Å². The minimum Gasteiger partial charge on any atom is -0.329 e. The molecule has 0 fully saturated rings. The monoisotopic (exact) mass is 344 g/mol. The van der Waals surface area contributed by atoms with Gasteiger partial charge in [-0.05, 0) is 23.8 Å². The van der Waals surface area contributed by atoms with Crippen molar-refractivity contribution < 1.29 is 17.7 Å². The number of halogens is 3. The second kappa shape index (κ2) is 5.73. The maximum absolute atomic E-state index is 12.6. The number of alkyl halides is 3. The van der Waals surface area contributed by atoms with E-state index < -0.39 is 12.1 Å². The van der Waals surface area contributed by atoms with E-state index in [2.05, 4.69) is 19.8 Å². The van der Waals surface area contributed by atoms with Crippen LogP contribution in [-0.2, 0) is 12.7 Å². The molecule has 0 saturated carbocycles. The Kier molecular flexibility index (Phi) is 3.52. The maximum atomic E-state index is 12.6. The van der Waals surface area contributed by atoms with E-state index in [1.165, 1.54) is 0 Å². The molecule has 4 rings (SSSR count). The fourth-order valence-corrected chi connectivity index (χ4v) is 2.52. The topological polar surface area (TPSA) is 56.7 Å². The van der Waals surface area contributed by atoms with Gasteiger partial charge in [-0.1, -0.05) is 35.5 Å². The molecule has 0 atom stereocenters. The van der Waals surface area contributed by atoms with Crippen LogP contribution < -0.4 is 0 Å². The van der Waals surface area contributed by atoms with Gasteiger partial charge in [-0.15, -0.1) is 0 Å². The van der Waals surface area contributed by atoms with Crippen molar-refractivity contribution in [2.75, 3.05) is 0 Å². The second-order valence-corrected chi connectivity index (χ2v) is 5.51. The molecular formula is C17H11F3N4O. The van der Waals surface area contributed by atoms with Crippen molar-refractivity contribution in [3.63, 3.8) is 0 Å². The van der Waals surface area contributed by atoms with Crippen LogP contribution in [0, 0.1) is 0 Å². The van der Waals surface area contributed by atoms with Gasteiger partial charge >= 0.3 is 12.1 Å². The molecule has 126 valence electrons. The summed E-state index contributed by atoms with van der Waals surface area (Å²) in [7, 11) is 0. The number of nitrogens with zero attached hydrogens (tertiary/aromatic N) is 4. The largest absolute Gasteiger partial charge is 0.471 e. The van der Waals surface area contributed by atoms with Crippen molar-refractivity contribution in [3.8, 4) is 11.4 Å². The third-order valence-electron chi connectivity index (χ3n) is 3.67. The summed E-state index contributed by atoms with van der Waals surface area (Å²) in [6.45, 7) is 0.602. The van der Waals surface area contributed by atoms with Gasteiger partial charge in [0.1, 0.15) is 0 Å². The van der Waals surface area contributed by atoms with E-state index in [1.807, 2.05) is 36.5 Å². The van der Waals surface area contributed by atoms with Gasteiger partial charge in [0.25, 0.3) is 0 Å². The third kappa shape index (κ3) is 3.10. The number of rotatable bonds is 3. The van der Waals surface area contributed by atoms with Crippen LogP contribution in [0.15, 0.2) is 59.3 Å². The fraction of sp³-hybridized carbons (Fsp3) is 0.118. The first kappa shape index (κ1) is 15.4. The van der Waals surface area contributed by atoms with Gasteiger partial charge in [-0.25, -0.2) is 0 Å². The molecule has 0 unspecified atom stereocenters. The van der Waals surface area contributed by atoms with Crippen molar-refractivity contribution in [2.24, 2.45) is 0 Å². The summed E-state index contributed by atoms with van der Waals surface area (Å²) in [5.41, 5.74) is 2.27. The quantitative estimate of drug-likeness (QED) is 0.560. The van der Waals surface area contributed by atoms with Gasteiger partial charge in [0.15, 0.2) is 0 Å². The zero-order valence-corrected chi connectivity index (χ0v) is 12.7. The number of hydrogen-bond acceptors (Lipinski definition) is 4. The van der Waals surface area contributed by atoms with Crippen LogP contribution in [0.3, 0.4) is 0 Å². The summed E-state index contributed by atoms with van der Waals surface area (Å²) in [6, 6.07) is 14.9. The van der Waals surface area contributed by atoms with Gasteiger partial charge < -0.3 is 4.52 Å². The lowest BCUT2D eigenvalue weighted by Crippen LogP contribution is -2.04. The predicted octanol–water partition coefficient (Wildman–Crippen LogP) is 4.15. The first-order valence-corrected chi connectivity index (χ1v) is 7.41. The normalized spacial score (nSPS) is 12.0. The lowest BCUT2D eigenvalue weighted by molar-refractivity contribution is -0.159. The summed E-state index contributed by atoms with van der Waals surface area (Å²) in [4.78, 5) is 3.40. The summed E-state index contributed by atoms with van der Waals surface area (Å²) in [5.74, 6) is -1.47. The molecule has 0 aliphatic heterocycles. The van der Waals surface area contributed by atoms with Crippen molar-refractivity contribution in [3.05, 3.63) is 66.2 Å². The molecule has 0 N–H and O–H groups in total. The van der Waals surface area contributed by atoms with Crippen molar-refractivity contribution in [1.82, 2.24) is 19.9 Å². The highest BCUT2D eigenvalue weighted by molar-refractivity contribution is 5.82. The van der Waals surface area contributed by atoms with Gasteiger partial charge in [0, 0.05) is 17.1 Å². The molecule has 0 aliphatic carbocycles. The lowest BCUT2D eigenvalue weighted by Gasteiger charge is -2.00. The minimum atomic E-state index is -4.66. The highest BCUT2D eigenvalue weighted by atomic mass is 19.4. The first-order valence-electron chi connectivity index (χ1n) is 7.41. The van der Waals surface area contributed by atoms with Crippen LogP contribution >= 0.6 is 0 Å². The van der Waals surface area contributed by atoms with Gasteiger partial charge in [-0.3, -0.25) is 4.68 Å². The highest BCUT2D eigenvalue weighted by Crippen LogP contribution is 2.30. The van der Waals surface area contributed by atoms with E-state index in [-0.39, 0.29) is 5.82 Å². The Hall–Kier alpha value is -3.16. The van der Waals surface area contributed by atoms with Crippen LogP contribution in [0.2, 0.25) is 0 Å². The Bertz CT molecular complexity index is 1020. The summed E-state index contributed by atoms with van der Waals surface area (Å²) in [6.07, 6.45) is -2.83. The van der Waals surface area contributed by atoms with Crippen LogP contribution in [0.25, 0.3) is 22.3 Å². The predicted molar refractivity (Wildman–Crippen MR) is 83.6 cm³/mol. The van der Waals surface area contributed by atoms with E-state index in [0.29, 0.717) is 12.1 Å². The summed E-state index contributed by atoms with van der Waals surface area (Å²) in [5, 5.41) is 8.64. The van der Waals surface area contributed by atoms with E-state index in [1.54, 1.807) is 22.9 Å². The van der Waals surface area contributed by atoms with Crippen LogP contribution in [-0.4, -0.2) is 19.9 Å². The lowest BCUT2D eigenvalue weighted by atomic mass is 10.1. The SMILES string of the molecule is FC(F)(F)c1nc(-c2ccc3nn(Cc4ccccc4)cc3c2)no1. The second-order valence-electron chi connectivity index (χ2n) is 5.51. The van der Waals surface area contributed by atoms with E-state index in [4.69, 9.17) is 0 Å². The molecule has 0 spiro atoms.